The highest BCUT2D eigenvalue weighted by molar-refractivity contribution is 6.32. The molecule has 0 aliphatic carbocycles. The van der Waals surface area contributed by atoms with Gasteiger partial charge in [-0.25, -0.2) is 4.68 Å². The first kappa shape index (κ1) is 12.8. The number of alkyl halides is 3. The maximum Gasteiger partial charge on any atom is 0.416 e. The second-order valence-corrected chi connectivity index (χ2v) is 3.91. The SMILES string of the molecule is NCc1cnnn1-c1ccc(C(F)(F)F)cc1Cl. The number of halogens is 4. The average Bonchev–Trinajstić information content (AvgIpc) is 2.75. The molecule has 0 fully saturated rings. The molecule has 0 saturated heterocycles. The Hall–Kier alpha value is -1.60. The van der Waals surface area contributed by atoms with Gasteiger partial charge in [0.15, 0.2) is 0 Å². The molecule has 4 nitrogen and oxygen atoms in total. The molecule has 0 radical (unpaired) electrons. The Morgan fingerprint density at radius 3 is 2.61 bits per heavy atom. The van der Waals surface area contributed by atoms with Crippen LogP contribution in [-0.4, -0.2) is 15.0 Å². The van der Waals surface area contributed by atoms with E-state index in [9.17, 15) is 13.2 Å². The van der Waals surface area contributed by atoms with Crippen LogP contribution in [0.25, 0.3) is 5.69 Å². The predicted octanol–water partition coefficient (Wildman–Crippen LogP) is 2.40. The molecule has 1 heterocycles. The quantitative estimate of drug-likeness (QED) is 0.916. The van der Waals surface area contributed by atoms with Crippen molar-refractivity contribution in [3.8, 4) is 5.69 Å². The van der Waals surface area contributed by atoms with E-state index in [1.807, 2.05) is 0 Å². The molecule has 18 heavy (non-hydrogen) atoms. The third kappa shape index (κ3) is 2.32. The highest BCUT2D eigenvalue weighted by Gasteiger charge is 2.31. The van der Waals surface area contributed by atoms with Crippen molar-refractivity contribution in [2.45, 2.75) is 12.7 Å². The zero-order valence-electron chi connectivity index (χ0n) is 8.95. The summed E-state index contributed by atoms with van der Waals surface area (Å²) >= 11 is 5.83. The van der Waals surface area contributed by atoms with Crippen LogP contribution in [0.4, 0.5) is 13.2 Å². The minimum Gasteiger partial charge on any atom is -0.325 e. The van der Waals surface area contributed by atoms with Crippen LogP contribution < -0.4 is 5.73 Å². The Labute approximate surface area is 105 Å². The Kier molecular flexibility index (Phi) is 3.27. The second-order valence-electron chi connectivity index (χ2n) is 3.51. The van der Waals surface area contributed by atoms with Crippen molar-refractivity contribution in [3.05, 3.63) is 40.7 Å². The zero-order valence-corrected chi connectivity index (χ0v) is 9.70. The minimum absolute atomic E-state index is 0.0648. The molecule has 0 unspecified atom stereocenters. The highest BCUT2D eigenvalue weighted by Crippen LogP contribution is 2.33. The van der Waals surface area contributed by atoms with Gasteiger partial charge in [0.25, 0.3) is 0 Å². The lowest BCUT2D eigenvalue weighted by molar-refractivity contribution is -0.137. The first-order chi connectivity index (χ1) is 8.43. The lowest BCUT2D eigenvalue weighted by Crippen LogP contribution is -2.09. The van der Waals surface area contributed by atoms with Crippen LogP contribution in [0.5, 0.6) is 0 Å². The monoisotopic (exact) mass is 276 g/mol. The summed E-state index contributed by atoms with van der Waals surface area (Å²) in [4.78, 5) is 0. The topological polar surface area (TPSA) is 56.7 Å². The summed E-state index contributed by atoms with van der Waals surface area (Å²) in [6, 6.07) is 3.01. The number of hydrogen-bond acceptors (Lipinski definition) is 3. The fourth-order valence-corrected chi connectivity index (χ4v) is 1.71. The third-order valence-electron chi connectivity index (χ3n) is 2.33. The van der Waals surface area contributed by atoms with Gasteiger partial charge in [-0.1, -0.05) is 16.8 Å². The first-order valence-electron chi connectivity index (χ1n) is 4.90. The summed E-state index contributed by atoms with van der Waals surface area (Å²) in [6.45, 7) is 0.157. The summed E-state index contributed by atoms with van der Waals surface area (Å²) in [5.41, 5.74) is 5.50. The number of hydrogen-bond donors (Lipinski definition) is 1. The third-order valence-corrected chi connectivity index (χ3v) is 2.63. The van der Waals surface area contributed by atoms with E-state index in [0.29, 0.717) is 11.4 Å². The van der Waals surface area contributed by atoms with Gasteiger partial charge in [0, 0.05) is 6.54 Å². The highest BCUT2D eigenvalue weighted by atomic mass is 35.5. The van der Waals surface area contributed by atoms with Crippen molar-refractivity contribution >= 4 is 11.6 Å². The molecule has 1 aromatic heterocycles. The van der Waals surface area contributed by atoms with Crippen LogP contribution in [0.1, 0.15) is 11.3 Å². The number of rotatable bonds is 2. The van der Waals surface area contributed by atoms with Gasteiger partial charge in [0.2, 0.25) is 0 Å². The van der Waals surface area contributed by atoms with Crippen LogP contribution >= 0.6 is 11.6 Å². The van der Waals surface area contributed by atoms with Crippen molar-refractivity contribution in [1.29, 1.82) is 0 Å². The molecule has 0 amide bonds. The lowest BCUT2D eigenvalue weighted by atomic mass is 10.2. The van der Waals surface area contributed by atoms with Crippen LogP contribution in [0.15, 0.2) is 24.4 Å². The molecule has 1 aromatic carbocycles. The zero-order chi connectivity index (χ0) is 13.3. The van der Waals surface area contributed by atoms with E-state index in [2.05, 4.69) is 10.3 Å². The number of nitrogens with two attached hydrogens (primary N) is 1. The summed E-state index contributed by atoms with van der Waals surface area (Å²) < 4.78 is 38.7. The maximum atomic E-state index is 12.5. The molecule has 0 saturated carbocycles. The van der Waals surface area contributed by atoms with Crippen molar-refractivity contribution in [2.24, 2.45) is 5.73 Å². The van der Waals surface area contributed by atoms with Crippen molar-refractivity contribution in [3.63, 3.8) is 0 Å². The van der Waals surface area contributed by atoms with Gasteiger partial charge in [-0.15, -0.1) is 5.10 Å². The Balaban J connectivity index is 2.48. The van der Waals surface area contributed by atoms with Gasteiger partial charge in [0.05, 0.1) is 28.2 Å². The predicted molar refractivity (Wildman–Crippen MR) is 59.3 cm³/mol. The number of aromatic nitrogens is 3. The fraction of sp³-hybridized carbons (Fsp3) is 0.200. The molecular weight excluding hydrogens is 269 g/mol. The lowest BCUT2D eigenvalue weighted by Gasteiger charge is -2.10. The summed E-state index contributed by atoms with van der Waals surface area (Å²) in [7, 11) is 0. The summed E-state index contributed by atoms with van der Waals surface area (Å²) in [5, 5.41) is 7.30. The van der Waals surface area contributed by atoms with Gasteiger partial charge in [0.1, 0.15) is 0 Å². The standard InChI is InChI=1S/C10H8ClF3N4/c11-8-3-6(10(12,13)14)1-2-9(8)18-7(4-15)5-16-17-18/h1-3,5H,4,15H2. The van der Waals surface area contributed by atoms with E-state index < -0.39 is 11.7 Å². The van der Waals surface area contributed by atoms with Crippen LogP contribution in [0.3, 0.4) is 0 Å². The Bertz CT molecular complexity index is 564. The molecule has 0 aliphatic rings. The van der Waals surface area contributed by atoms with Gasteiger partial charge in [-0.3, -0.25) is 0 Å². The van der Waals surface area contributed by atoms with Crippen LogP contribution in [0.2, 0.25) is 5.02 Å². The van der Waals surface area contributed by atoms with Gasteiger partial charge in [-0.2, -0.15) is 13.2 Å². The maximum absolute atomic E-state index is 12.5. The molecule has 0 bridgehead atoms. The second kappa shape index (κ2) is 4.58. The molecule has 96 valence electrons. The van der Waals surface area contributed by atoms with Crippen molar-refractivity contribution in [2.75, 3.05) is 0 Å². The molecule has 0 atom stereocenters. The average molecular weight is 277 g/mol. The number of benzene rings is 1. The normalized spacial score (nSPS) is 11.8. The largest absolute Gasteiger partial charge is 0.416 e. The van der Waals surface area contributed by atoms with Crippen LogP contribution in [-0.2, 0) is 12.7 Å². The van der Waals surface area contributed by atoms with Gasteiger partial charge in [-0.05, 0) is 18.2 Å². The van der Waals surface area contributed by atoms with Gasteiger partial charge < -0.3 is 5.73 Å². The van der Waals surface area contributed by atoms with E-state index in [1.165, 1.54) is 16.9 Å². The molecule has 0 aliphatic heterocycles. The van der Waals surface area contributed by atoms with E-state index in [4.69, 9.17) is 17.3 Å². The Morgan fingerprint density at radius 2 is 2.06 bits per heavy atom. The molecular formula is C10H8ClF3N4. The first-order valence-corrected chi connectivity index (χ1v) is 5.28. The molecule has 0 spiro atoms. The smallest absolute Gasteiger partial charge is 0.325 e. The summed E-state index contributed by atoms with van der Waals surface area (Å²) in [6.07, 6.45) is -3.00. The molecule has 2 aromatic rings. The number of nitrogens with zero attached hydrogens (tertiary/aromatic N) is 3. The van der Waals surface area contributed by atoms with Gasteiger partial charge >= 0.3 is 6.18 Å². The fourth-order valence-electron chi connectivity index (χ4n) is 1.45. The van der Waals surface area contributed by atoms with E-state index in [1.54, 1.807) is 0 Å². The Morgan fingerprint density at radius 1 is 1.33 bits per heavy atom. The molecule has 2 N–H and O–H groups in total. The molecule has 8 heteroatoms. The summed E-state index contributed by atoms with van der Waals surface area (Å²) in [5.74, 6) is 0. The van der Waals surface area contributed by atoms with E-state index in [0.717, 1.165) is 12.1 Å². The van der Waals surface area contributed by atoms with E-state index >= 15 is 0 Å². The minimum atomic E-state index is -4.43. The van der Waals surface area contributed by atoms with E-state index in [-0.39, 0.29) is 11.6 Å². The van der Waals surface area contributed by atoms with Crippen molar-refractivity contribution in [1.82, 2.24) is 15.0 Å². The molecule has 2 rings (SSSR count). The van der Waals surface area contributed by atoms with Crippen LogP contribution in [0, 0.1) is 0 Å². The van der Waals surface area contributed by atoms with Crippen molar-refractivity contribution < 1.29 is 13.2 Å².